The summed E-state index contributed by atoms with van der Waals surface area (Å²) in [6.07, 6.45) is 4.71. The molecule has 0 fully saturated rings. The van der Waals surface area contributed by atoms with Gasteiger partial charge in [-0.15, -0.1) is 0 Å². The van der Waals surface area contributed by atoms with Crippen LogP contribution in [0, 0.1) is 5.92 Å². The molecule has 2 nitrogen and oxygen atoms in total. The highest BCUT2D eigenvalue weighted by Crippen LogP contribution is 2.25. The van der Waals surface area contributed by atoms with Crippen LogP contribution in [0.25, 0.3) is 11.0 Å². The number of pyridine rings is 2. The third-order valence-electron chi connectivity index (χ3n) is 2.29. The van der Waals surface area contributed by atoms with E-state index >= 15 is 0 Å². The molecule has 2 heterocycles. The van der Waals surface area contributed by atoms with Gasteiger partial charge in [0.15, 0.2) is 0 Å². The number of nitrogens with zero attached hydrogens (tertiary/aromatic N) is 2. The molecule has 0 aliphatic heterocycles. The van der Waals surface area contributed by atoms with Crippen molar-refractivity contribution in [3.8, 4) is 0 Å². The first-order valence-corrected chi connectivity index (χ1v) is 5.86. The molecule has 0 amide bonds. The van der Waals surface area contributed by atoms with Gasteiger partial charge in [-0.05, 0) is 46.0 Å². The summed E-state index contributed by atoms with van der Waals surface area (Å²) >= 11 is 3.54. The smallest absolute Gasteiger partial charge is 0.0929 e. The quantitative estimate of drug-likeness (QED) is 0.829. The standard InChI is InChI=1S/C12H13BrN2/c1-8(2)6-9-10(13)7-15-11-4-3-5-14-12(9)11/h3-5,7-8H,6H2,1-2H3. The zero-order chi connectivity index (χ0) is 10.8. The first-order valence-electron chi connectivity index (χ1n) is 5.06. The molecule has 0 spiro atoms. The summed E-state index contributed by atoms with van der Waals surface area (Å²) in [5.74, 6) is 0.619. The second kappa shape index (κ2) is 4.27. The van der Waals surface area contributed by atoms with E-state index in [1.807, 2.05) is 24.5 Å². The van der Waals surface area contributed by atoms with Gasteiger partial charge < -0.3 is 0 Å². The van der Waals surface area contributed by atoms with Crippen molar-refractivity contribution in [3.05, 3.63) is 34.6 Å². The summed E-state index contributed by atoms with van der Waals surface area (Å²) in [6, 6.07) is 3.92. The molecule has 0 bridgehead atoms. The van der Waals surface area contributed by atoms with Crippen molar-refractivity contribution in [2.24, 2.45) is 5.92 Å². The molecule has 2 aromatic rings. The Bertz CT molecular complexity index is 480. The van der Waals surface area contributed by atoms with Crippen molar-refractivity contribution in [3.63, 3.8) is 0 Å². The Hall–Kier alpha value is -0.960. The highest BCUT2D eigenvalue weighted by Gasteiger charge is 2.09. The Labute approximate surface area is 97.9 Å². The van der Waals surface area contributed by atoms with Crippen molar-refractivity contribution in [2.75, 3.05) is 0 Å². The van der Waals surface area contributed by atoms with Gasteiger partial charge in [-0.2, -0.15) is 0 Å². The van der Waals surface area contributed by atoms with Crippen LogP contribution >= 0.6 is 15.9 Å². The van der Waals surface area contributed by atoms with Gasteiger partial charge in [-0.3, -0.25) is 9.97 Å². The predicted molar refractivity (Wildman–Crippen MR) is 65.8 cm³/mol. The summed E-state index contributed by atoms with van der Waals surface area (Å²) in [5, 5.41) is 0. The van der Waals surface area contributed by atoms with Crippen LogP contribution in [0.3, 0.4) is 0 Å². The van der Waals surface area contributed by atoms with Gasteiger partial charge in [-0.25, -0.2) is 0 Å². The lowest BCUT2D eigenvalue weighted by atomic mass is 10.0. The Morgan fingerprint density at radius 1 is 1.33 bits per heavy atom. The highest BCUT2D eigenvalue weighted by atomic mass is 79.9. The number of halogens is 1. The molecular formula is C12H13BrN2. The van der Waals surface area contributed by atoms with Crippen LogP contribution in [-0.2, 0) is 6.42 Å². The predicted octanol–water partition coefficient (Wildman–Crippen LogP) is 3.59. The number of hydrogen-bond acceptors (Lipinski definition) is 2. The molecule has 0 saturated carbocycles. The molecule has 2 aromatic heterocycles. The first-order chi connectivity index (χ1) is 7.18. The molecule has 0 unspecified atom stereocenters. The molecule has 0 aliphatic rings. The lowest BCUT2D eigenvalue weighted by molar-refractivity contribution is 0.647. The fraction of sp³-hybridized carbons (Fsp3) is 0.333. The molecule has 0 N–H and O–H groups in total. The van der Waals surface area contributed by atoms with Crippen LogP contribution < -0.4 is 0 Å². The van der Waals surface area contributed by atoms with Crippen LogP contribution in [0.4, 0.5) is 0 Å². The van der Waals surface area contributed by atoms with Crippen molar-refractivity contribution in [2.45, 2.75) is 20.3 Å². The van der Waals surface area contributed by atoms with E-state index in [1.165, 1.54) is 5.56 Å². The molecule has 0 atom stereocenters. The summed E-state index contributed by atoms with van der Waals surface area (Å²) in [5.41, 5.74) is 3.24. The summed E-state index contributed by atoms with van der Waals surface area (Å²) in [6.45, 7) is 4.42. The van der Waals surface area contributed by atoms with Crippen LogP contribution in [0.1, 0.15) is 19.4 Å². The monoisotopic (exact) mass is 264 g/mol. The number of hydrogen-bond donors (Lipinski definition) is 0. The van der Waals surface area contributed by atoms with Gasteiger partial charge in [0.25, 0.3) is 0 Å². The van der Waals surface area contributed by atoms with E-state index in [-0.39, 0.29) is 0 Å². The van der Waals surface area contributed by atoms with E-state index in [2.05, 4.69) is 39.7 Å². The lowest BCUT2D eigenvalue weighted by Crippen LogP contribution is -1.98. The molecule has 0 radical (unpaired) electrons. The van der Waals surface area contributed by atoms with Crippen LogP contribution in [0.5, 0.6) is 0 Å². The number of rotatable bonds is 2. The van der Waals surface area contributed by atoms with E-state index in [1.54, 1.807) is 0 Å². The Morgan fingerprint density at radius 2 is 2.13 bits per heavy atom. The van der Waals surface area contributed by atoms with Gasteiger partial charge in [-0.1, -0.05) is 13.8 Å². The number of fused-ring (bicyclic) bond motifs is 1. The lowest BCUT2D eigenvalue weighted by Gasteiger charge is -2.09. The van der Waals surface area contributed by atoms with E-state index in [4.69, 9.17) is 0 Å². The minimum absolute atomic E-state index is 0.619. The first kappa shape index (κ1) is 10.6. The number of aromatic nitrogens is 2. The van der Waals surface area contributed by atoms with Gasteiger partial charge in [0.05, 0.1) is 11.0 Å². The van der Waals surface area contributed by atoms with Gasteiger partial charge in [0, 0.05) is 16.9 Å². The molecular weight excluding hydrogens is 252 g/mol. The van der Waals surface area contributed by atoms with E-state index in [0.29, 0.717) is 5.92 Å². The topological polar surface area (TPSA) is 25.8 Å². The molecule has 15 heavy (non-hydrogen) atoms. The molecule has 2 rings (SSSR count). The normalized spacial score (nSPS) is 11.2. The SMILES string of the molecule is CC(C)Cc1c(Br)cnc2cccnc12. The molecule has 0 saturated heterocycles. The fourth-order valence-corrected chi connectivity index (χ4v) is 2.11. The maximum absolute atomic E-state index is 4.40. The minimum atomic E-state index is 0.619. The van der Waals surface area contributed by atoms with Crippen LogP contribution in [0.2, 0.25) is 0 Å². The Morgan fingerprint density at radius 3 is 2.87 bits per heavy atom. The summed E-state index contributed by atoms with van der Waals surface area (Å²) in [4.78, 5) is 8.74. The minimum Gasteiger partial charge on any atom is -0.254 e. The van der Waals surface area contributed by atoms with Gasteiger partial charge in [0.1, 0.15) is 0 Å². The summed E-state index contributed by atoms with van der Waals surface area (Å²) in [7, 11) is 0. The molecule has 0 aliphatic carbocycles. The molecule has 3 heteroatoms. The third kappa shape index (κ3) is 2.17. The van der Waals surface area contributed by atoms with E-state index < -0.39 is 0 Å². The van der Waals surface area contributed by atoms with Crippen LogP contribution in [-0.4, -0.2) is 9.97 Å². The average Bonchev–Trinajstić information content (AvgIpc) is 2.22. The maximum atomic E-state index is 4.40. The second-order valence-electron chi connectivity index (χ2n) is 4.05. The average molecular weight is 265 g/mol. The van der Waals surface area contributed by atoms with Crippen molar-refractivity contribution < 1.29 is 0 Å². The van der Waals surface area contributed by atoms with Gasteiger partial charge >= 0.3 is 0 Å². The fourth-order valence-electron chi connectivity index (χ4n) is 1.65. The zero-order valence-electron chi connectivity index (χ0n) is 8.87. The van der Waals surface area contributed by atoms with Gasteiger partial charge in [0.2, 0.25) is 0 Å². The third-order valence-corrected chi connectivity index (χ3v) is 2.97. The van der Waals surface area contributed by atoms with Crippen LogP contribution in [0.15, 0.2) is 29.0 Å². The maximum Gasteiger partial charge on any atom is 0.0929 e. The van der Waals surface area contributed by atoms with E-state index in [0.717, 1.165) is 21.9 Å². The van der Waals surface area contributed by atoms with Crippen molar-refractivity contribution in [1.82, 2.24) is 9.97 Å². The Kier molecular flexibility index (Phi) is 3.00. The highest BCUT2D eigenvalue weighted by molar-refractivity contribution is 9.10. The molecule has 0 aromatic carbocycles. The second-order valence-corrected chi connectivity index (χ2v) is 4.91. The molecule has 78 valence electrons. The largest absolute Gasteiger partial charge is 0.254 e. The zero-order valence-corrected chi connectivity index (χ0v) is 10.5. The van der Waals surface area contributed by atoms with Crippen molar-refractivity contribution in [1.29, 1.82) is 0 Å². The Balaban J connectivity index is 2.63. The summed E-state index contributed by atoms with van der Waals surface area (Å²) < 4.78 is 1.06. The van der Waals surface area contributed by atoms with E-state index in [9.17, 15) is 0 Å². The van der Waals surface area contributed by atoms with Crippen molar-refractivity contribution >= 4 is 27.0 Å².